The highest BCUT2D eigenvalue weighted by molar-refractivity contribution is 6.18. The van der Waals surface area contributed by atoms with Gasteiger partial charge in [-0.3, -0.25) is 4.90 Å². The first-order valence-corrected chi connectivity index (χ1v) is 10.4. The predicted octanol–water partition coefficient (Wildman–Crippen LogP) is 3.41. The van der Waals surface area contributed by atoms with Gasteiger partial charge in [-0.1, -0.05) is 6.58 Å². The molecule has 7 nitrogen and oxygen atoms in total. The largest absolute Gasteiger partial charge is 0.403 e. The Labute approximate surface area is 181 Å². The van der Waals surface area contributed by atoms with E-state index >= 15 is 0 Å². The van der Waals surface area contributed by atoms with Crippen LogP contribution >= 0.6 is 0 Å². The lowest BCUT2D eigenvalue weighted by atomic mass is 9.83. The molecule has 1 aliphatic carbocycles. The van der Waals surface area contributed by atoms with Crippen LogP contribution in [0.1, 0.15) is 46.5 Å². The number of hydrogen-bond acceptors (Lipinski definition) is 6. The van der Waals surface area contributed by atoms with E-state index in [9.17, 15) is 13.9 Å². The third-order valence-corrected chi connectivity index (χ3v) is 5.34. The first-order chi connectivity index (χ1) is 14.6. The summed E-state index contributed by atoms with van der Waals surface area (Å²) >= 11 is 0. The maximum absolute atomic E-state index is 14.3. The third-order valence-electron chi connectivity index (χ3n) is 5.34. The van der Waals surface area contributed by atoms with Gasteiger partial charge in [-0.2, -0.15) is 0 Å². The van der Waals surface area contributed by atoms with Crippen LogP contribution in [0.2, 0.25) is 0 Å². The number of halogens is 2. The van der Waals surface area contributed by atoms with Gasteiger partial charge < -0.3 is 21.5 Å². The predicted molar refractivity (Wildman–Crippen MR) is 119 cm³/mol. The lowest BCUT2D eigenvalue weighted by molar-refractivity contribution is 0.00962. The molecule has 31 heavy (non-hydrogen) atoms. The molecule has 0 atom stereocenters. The Balaban J connectivity index is 1.97. The van der Waals surface area contributed by atoms with Crippen LogP contribution in [0.5, 0.6) is 0 Å². The van der Waals surface area contributed by atoms with Crippen molar-refractivity contribution in [3.63, 3.8) is 0 Å². The summed E-state index contributed by atoms with van der Waals surface area (Å²) in [4.78, 5) is 11.0. The average molecular weight is 433 g/mol. The number of hydrogen-bond donors (Lipinski definition) is 4. The van der Waals surface area contributed by atoms with Gasteiger partial charge in [0.2, 0.25) is 5.96 Å². The SMILES string of the molecule is C=C(/N=C1\C(=C/N)N=C(Nc2ccc(F)cc2F)N1[C@H]1CC[C@@](C)(O)CC1)NC(C)C. The molecule has 1 saturated carbocycles. The maximum Gasteiger partial charge on any atom is 0.210 e. The number of rotatable bonds is 5. The van der Waals surface area contributed by atoms with Gasteiger partial charge in [-0.15, -0.1) is 0 Å². The highest BCUT2D eigenvalue weighted by Gasteiger charge is 2.39. The van der Waals surface area contributed by atoms with Crippen LogP contribution in [0.15, 0.2) is 52.5 Å². The number of guanidine groups is 1. The van der Waals surface area contributed by atoms with Crippen LogP contribution in [-0.4, -0.2) is 39.5 Å². The summed E-state index contributed by atoms with van der Waals surface area (Å²) in [7, 11) is 0. The molecular formula is C22H30F2N6O. The van der Waals surface area contributed by atoms with Gasteiger partial charge in [0.15, 0.2) is 5.84 Å². The number of nitrogens with one attached hydrogen (secondary N) is 2. The molecule has 1 heterocycles. The Kier molecular flexibility index (Phi) is 6.64. The van der Waals surface area contributed by atoms with Crippen molar-refractivity contribution in [2.24, 2.45) is 15.7 Å². The van der Waals surface area contributed by atoms with Crippen molar-refractivity contribution in [2.45, 2.75) is 64.1 Å². The van der Waals surface area contributed by atoms with Crippen molar-refractivity contribution >= 4 is 17.5 Å². The van der Waals surface area contributed by atoms with E-state index in [2.05, 4.69) is 27.2 Å². The fourth-order valence-corrected chi connectivity index (χ4v) is 3.79. The van der Waals surface area contributed by atoms with Crippen molar-refractivity contribution in [3.05, 3.63) is 54.1 Å². The Morgan fingerprint density at radius 3 is 2.65 bits per heavy atom. The highest BCUT2D eigenvalue weighted by atomic mass is 19.1. The molecule has 0 amide bonds. The van der Waals surface area contributed by atoms with Gasteiger partial charge in [-0.25, -0.2) is 18.8 Å². The third kappa shape index (κ3) is 5.41. The summed E-state index contributed by atoms with van der Waals surface area (Å²) in [6, 6.07) is 3.39. The number of nitrogens with two attached hydrogens (primary N) is 1. The molecule has 1 fully saturated rings. The van der Waals surface area contributed by atoms with Crippen LogP contribution in [0.3, 0.4) is 0 Å². The molecule has 0 bridgehead atoms. The van der Waals surface area contributed by atoms with Crippen molar-refractivity contribution in [3.8, 4) is 0 Å². The van der Waals surface area contributed by atoms with E-state index in [0.717, 1.165) is 6.07 Å². The van der Waals surface area contributed by atoms with E-state index in [1.807, 2.05) is 25.7 Å². The molecule has 0 spiro atoms. The summed E-state index contributed by atoms with van der Waals surface area (Å²) in [6.45, 7) is 9.73. The molecule has 1 aromatic carbocycles. The average Bonchev–Trinajstić information content (AvgIpc) is 3.00. The molecular weight excluding hydrogens is 402 g/mol. The minimum absolute atomic E-state index is 0.0435. The molecule has 3 rings (SSSR count). The van der Waals surface area contributed by atoms with Crippen molar-refractivity contribution < 1.29 is 13.9 Å². The van der Waals surface area contributed by atoms with E-state index in [4.69, 9.17) is 5.73 Å². The maximum atomic E-state index is 14.3. The normalized spacial score (nSPS) is 26.5. The minimum Gasteiger partial charge on any atom is -0.403 e. The number of anilines is 1. The molecule has 1 aromatic rings. The summed E-state index contributed by atoms with van der Waals surface area (Å²) < 4.78 is 27.6. The fourth-order valence-electron chi connectivity index (χ4n) is 3.79. The zero-order valence-electron chi connectivity index (χ0n) is 18.1. The van der Waals surface area contributed by atoms with Crippen LogP contribution in [0.4, 0.5) is 14.5 Å². The molecule has 9 heteroatoms. The zero-order chi connectivity index (χ0) is 22.8. The minimum atomic E-state index is -0.733. The number of aliphatic hydroxyl groups is 1. The first kappa shape index (κ1) is 22.7. The monoisotopic (exact) mass is 432 g/mol. The summed E-state index contributed by atoms with van der Waals surface area (Å²) in [5.74, 6) is -0.129. The molecule has 0 saturated heterocycles. The quantitative estimate of drug-likeness (QED) is 0.572. The van der Waals surface area contributed by atoms with Gasteiger partial charge in [0.25, 0.3) is 0 Å². The van der Waals surface area contributed by atoms with Crippen LogP contribution in [-0.2, 0) is 0 Å². The summed E-state index contributed by atoms with van der Waals surface area (Å²) in [5, 5.41) is 16.5. The van der Waals surface area contributed by atoms with Gasteiger partial charge in [0, 0.05) is 24.4 Å². The van der Waals surface area contributed by atoms with Gasteiger partial charge in [-0.05, 0) is 58.6 Å². The van der Waals surface area contributed by atoms with Crippen molar-refractivity contribution in [1.82, 2.24) is 10.2 Å². The molecule has 1 aliphatic heterocycles. The summed E-state index contributed by atoms with van der Waals surface area (Å²) in [5.41, 5.74) is 5.60. The summed E-state index contributed by atoms with van der Waals surface area (Å²) in [6.07, 6.45) is 3.91. The Morgan fingerprint density at radius 2 is 2.06 bits per heavy atom. The van der Waals surface area contributed by atoms with Gasteiger partial charge in [0.05, 0.1) is 11.3 Å². The lowest BCUT2D eigenvalue weighted by Crippen LogP contribution is -2.48. The molecule has 168 valence electrons. The van der Waals surface area contributed by atoms with Gasteiger partial charge in [0.1, 0.15) is 23.2 Å². The molecule has 0 aromatic heterocycles. The fraction of sp³-hybridized carbons (Fsp3) is 0.455. The first-order valence-electron chi connectivity index (χ1n) is 10.4. The second-order valence-electron chi connectivity index (χ2n) is 8.52. The van der Waals surface area contributed by atoms with E-state index in [1.54, 1.807) is 0 Å². The Morgan fingerprint density at radius 1 is 1.39 bits per heavy atom. The standard InChI is InChI=1S/C22H30F2N6O/c1-13(2)26-14(3)27-20-19(12-25)29-21(28-18-6-5-15(23)11-17(18)24)30(20)16-7-9-22(4,31)10-8-16/h5-6,11-13,16,26,31H,3,7-10,25H2,1-2,4H3,(H,28,29)/b19-12+,27-20+/t16-,22+. The van der Waals surface area contributed by atoms with Crippen molar-refractivity contribution in [2.75, 3.05) is 5.32 Å². The number of nitrogens with zero attached hydrogens (tertiary/aromatic N) is 3. The molecule has 0 radical (unpaired) electrons. The van der Waals surface area contributed by atoms with E-state index in [-0.39, 0.29) is 17.8 Å². The van der Waals surface area contributed by atoms with Crippen LogP contribution < -0.4 is 16.4 Å². The van der Waals surface area contributed by atoms with E-state index in [0.29, 0.717) is 49.0 Å². The second-order valence-corrected chi connectivity index (χ2v) is 8.52. The molecule has 2 aliphatic rings. The smallest absolute Gasteiger partial charge is 0.210 e. The van der Waals surface area contributed by atoms with Crippen LogP contribution in [0, 0.1) is 11.6 Å². The zero-order valence-corrected chi connectivity index (χ0v) is 18.1. The number of aliphatic imine (C=N–C) groups is 2. The molecule has 5 N–H and O–H groups in total. The lowest BCUT2D eigenvalue weighted by Gasteiger charge is -2.38. The second kappa shape index (κ2) is 9.05. The van der Waals surface area contributed by atoms with Crippen LogP contribution in [0.25, 0.3) is 0 Å². The van der Waals surface area contributed by atoms with E-state index < -0.39 is 17.2 Å². The van der Waals surface area contributed by atoms with E-state index in [1.165, 1.54) is 18.3 Å². The molecule has 0 unspecified atom stereocenters. The van der Waals surface area contributed by atoms with Gasteiger partial charge >= 0.3 is 0 Å². The topological polar surface area (TPSA) is 98.3 Å². The highest BCUT2D eigenvalue weighted by Crippen LogP contribution is 2.34. The van der Waals surface area contributed by atoms with Crippen molar-refractivity contribution in [1.29, 1.82) is 0 Å². The number of amidine groups is 1. The number of benzene rings is 1. The Hall–Kier alpha value is -2.94. The Bertz CT molecular complexity index is 928.